The lowest BCUT2D eigenvalue weighted by atomic mass is 10.1. The van der Waals surface area contributed by atoms with E-state index in [-0.39, 0.29) is 25.6 Å². The van der Waals surface area contributed by atoms with Gasteiger partial charge in [-0.1, -0.05) is 0 Å². The molecule has 1 heterocycles. The van der Waals surface area contributed by atoms with Gasteiger partial charge in [-0.05, 0) is 13.5 Å². The highest BCUT2D eigenvalue weighted by molar-refractivity contribution is 4.86. The van der Waals surface area contributed by atoms with Gasteiger partial charge in [0, 0.05) is 12.6 Å². The molecule has 5 heteroatoms. The van der Waals surface area contributed by atoms with Crippen LogP contribution in [0.3, 0.4) is 0 Å². The van der Waals surface area contributed by atoms with Crippen molar-refractivity contribution < 1.29 is 18.3 Å². The van der Waals surface area contributed by atoms with Gasteiger partial charge in [0.15, 0.2) is 0 Å². The van der Waals surface area contributed by atoms with Crippen LogP contribution in [0.15, 0.2) is 0 Å². The van der Waals surface area contributed by atoms with Crippen LogP contribution in [0.4, 0.5) is 13.2 Å². The summed E-state index contributed by atoms with van der Waals surface area (Å²) in [5, 5.41) is 8.71. The second-order valence-electron chi connectivity index (χ2n) is 3.25. The summed E-state index contributed by atoms with van der Waals surface area (Å²) in [4.78, 5) is 1.55. The van der Waals surface area contributed by atoms with E-state index in [0.717, 1.165) is 0 Å². The minimum absolute atomic E-state index is 0.00866. The molecule has 0 aromatic rings. The molecule has 0 spiro atoms. The Hall–Kier alpha value is -0.290. The van der Waals surface area contributed by atoms with Crippen LogP contribution in [-0.2, 0) is 0 Å². The van der Waals surface area contributed by atoms with Crippen LogP contribution in [0.5, 0.6) is 0 Å². The fraction of sp³-hybridized carbons (Fsp3) is 1.00. The number of hydrogen-bond acceptors (Lipinski definition) is 2. The summed E-state index contributed by atoms with van der Waals surface area (Å²) in [5.41, 5.74) is 0. The Morgan fingerprint density at radius 2 is 2.08 bits per heavy atom. The van der Waals surface area contributed by atoms with Gasteiger partial charge in [0.1, 0.15) is 0 Å². The second-order valence-corrected chi connectivity index (χ2v) is 3.25. The molecule has 0 aliphatic carbocycles. The molecule has 2 atom stereocenters. The fourth-order valence-electron chi connectivity index (χ4n) is 1.53. The molecule has 0 radical (unpaired) electrons. The second kappa shape index (κ2) is 3.22. The Kier molecular flexibility index (Phi) is 2.63. The Morgan fingerprint density at radius 3 is 2.33 bits per heavy atom. The van der Waals surface area contributed by atoms with Crippen molar-refractivity contribution in [3.8, 4) is 0 Å². The van der Waals surface area contributed by atoms with Crippen LogP contribution in [-0.4, -0.2) is 42.4 Å². The van der Waals surface area contributed by atoms with Gasteiger partial charge in [-0.2, -0.15) is 13.2 Å². The first-order valence-electron chi connectivity index (χ1n) is 3.83. The van der Waals surface area contributed by atoms with Crippen molar-refractivity contribution >= 4 is 0 Å². The normalized spacial score (nSPS) is 32.8. The number of likely N-dealkylation sites (N-methyl/N-ethyl adjacent to an activating group) is 1. The Bertz CT molecular complexity index is 159. The summed E-state index contributed by atoms with van der Waals surface area (Å²) in [6, 6.07) is -0.323. The standard InChI is InChI=1S/C7H12F3NO/c1-11-3-5(7(8,9)10)2-6(11)4-12/h5-6,12H,2-4H2,1H3/t5-,6+/m1/s1. The minimum Gasteiger partial charge on any atom is -0.395 e. The summed E-state index contributed by atoms with van der Waals surface area (Å²) in [5.74, 6) is -1.26. The first-order chi connectivity index (χ1) is 5.45. The number of aliphatic hydroxyl groups excluding tert-OH is 1. The maximum absolute atomic E-state index is 12.1. The van der Waals surface area contributed by atoms with Crippen molar-refractivity contribution in [1.82, 2.24) is 4.90 Å². The Morgan fingerprint density at radius 1 is 1.50 bits per heavy atom. The number of nitrogens with zero attached hydrogens (tertiary/aromatic N) is 1. The minimum atomic E-state index is -4.11. The first-order valence-corrected chi connectivity index (χ1v) is 3.83. The van der Waals surface area contributed by atoms with E-state index < -0.39 is 12.1 Å². The van der Waals surface area contributed by atoms with E-state index in [9.17, 15) is 13.2 Å². The van der Waals surface area contributed by atoms with Crippen molar-refractivity contribution in [2.45, 2.75) is 18.6 Å². The smallest absolute Gasteiger partial charge is 0.393 e. The Balaban J connectivity index is 2.54. The molecule has 0 aromatic carbocycles. The molecule has 1 rings (SSSR count). The van der Waals surface area contributed by atoms with Crippen LogP contribution in [0.2, 0.25) is 0 Å². The van der Waals surface area contributed by atoms with Gasteiger partial charge in [-0.15, -0.1) is 0 Å². The average molecular weight is 183 g/mol. The number of aliphatic hydroxyl groups is 1. The van der Waals surface area contributed by atoms with E-state index in [4.69, 9.17) is 5.11 Å². The summed E-state index contributed by atoms with van der Waals surface area (Å²) in [6.45, 7) is -0.183. The van der Waals surface area contributed by atoms with Gasteiger partial charge in [-0.3, -0.25) is 0 Å². The lowest BCUT2D eigenvalue weighted by Crippen LogP contribution is -2.28. The highest BCUT2D eigenvalue weighted by atomic mass is 19.4. The predicted octanol–water partition coefficient (Wildman–Crippen LogP) is 0.861. The molecule has 1 aliphatic rings. The average Bonchev–Trinajstić information content (AvgIpc) is 2.29. The lowest BCUT2D eigenvalue weighted by Gasteiger charge is -2.15. The number of halogens is 3. The topological polar surface area (TPSA) is 23.5 Å². The maximum Gasteiger partial charge on any atom is 0.393 e. The van der Waals surface area contributed by atoms with Crippen molar-refractivity contribution in [1.29, 1.82) is 0 Å². The molecule has 1 saturated heterocycles. The van der Waals surface area contributed by atoms with E-state index >= 15 is 0 Å². The third-order valence-electron chi connectivity index (χ3n) is 2.36. The quantitative estimate of drug-likeness (QED) is 0.651. The zero-order chi connectivity index (χ0) is 9.35. The van der Waals surface area contributed by atoms with Gasteiger partial charge in [-0.25, -0.2) is 0 Å². The molecule has 1 N–H and O–H groups in total. The maximum atomic E-state index is 12.1. The van der Waals surface area contributed by atoms with Crippen LogP contribution in [0.25, 0.3) is 0 Å². The van der Waals surface area contributed by atoms with Crippen LogP contribution < -0.4 is 0 Å². The van der Waals surface area contributed by atoms with E-state index in [0.29, 0.717) is 0 Å². The molecule has 0 amide bonds. The van der Waals surface area contributed by atoms with Crippen LogP contribution in [0, 0.1) is 5.92 Å². The molecule has 1 aliphatic heterocycles. The summed E-state index contributed by atoms with van der Waals surface area (Å²) < 4.78 is 36.4. The van der Waals surface area contributed by atoms with Crippen molar-refractivity contribution in [2.75, 3.05) is 20.2 Å². The Labute approximate surface area is 69.0 Å². The number of rotatable bonds is 1. The van der Waals surface area contributed by atoms with E-state index in [1.807, 2.05) is 0 Å². The number of hydrogen-bond donors (Lipinski definition) is 1. The fourth-order valence-corrected chi connectivity index (χ4v) is 1.53. The number of alkyl halides is 3. The van der Waals surface area contributed by atoms with Gasteiger partial charge < -0.3 is 10.0 Å². The zero-order valence-corrected chi connectivity index (χ0v) is 6.80. The van der Waals surface area contributed by atoms with E-state index in [2.05, 4.69) is 0 Å². The van der Waals surface area contributed by atoms with Crippen molar-refractivity contribution in [3.63, 3.8) is 0 Å². The van der Waals surface area contributed by atoms with Gasteiger partial charge in [0.2, 0.25) is 0 Å². The summed E-state index contributed by atoms with van der Waals surface area (Å²) in [6.07, 6.45) is -4.09. The van der Waals surface area contributed by atoms with Gasteiger partial charge in [0.25, 0.3) is 0 Å². The van der Waals surface area contributed by atoms with Crippen molar-refractivity contribution in [3.05, 3.63) is 0 Å². The SMILES string of the molecule is CN1C[C@H](C(F)(F)F)C[C@H]1CO. The molecule has 12 heavy (non-hydrogen) atoms. The van der Waals surface area contributed by atoms with Crippen LogP contribution in [0.1, 0.15) is 6.42 Å². The summed E-state index contributed by atoms with van der Waals surface area (Å²) >= 11 is 0. The van der Waals surface area contributed by atoms with E-state index in [1.54, 1.807) is 11.9 Å². The van der Waals surface area contributed by atoms with E-state index in [1.165, 1.54) is 0 Å². The molecule has 0 unspecified atom stereocenters. The van der Waals surface area contributed by atoms with Crippen LogP contribution >= 0.6 is 0 Å². The first kappa shape index (κ1) is 9.80. The third-order valence-corrected chi connectivity index (χ3v) is 2.36. The zero-order valence-electron chi connectivity index (χ0n) is 6.80. The highest BCUT2D eigenvalue weighted by Gasteiger charge is 2.45. The molecule has 2 nitrogen and oxygen atoms in total. The molecule has 0 aromatic heterocycles. The molecule has 0 bridgehead atoms. The predicted molar refractivity (Wildman–Crippen MR) is 37.7 cm³/mol. The summed E-state index contributed by atoms with van der Waals surface area (Å²) in [7, 11) is 1.60. The molecular weight excluding hydrogens is 171 g/mol. The van der Waals surface area contributed by atoms with Gasteiger partial charge >= 0.3 is 6.18 Å². The largest absolute Gasteiger partial charge is 0.395 e. The monoisotopic (exact) mass is 183 g/mol. The molecule has 1 fully saturated rings. The molecular formula is C7H12F3NO. The lowest BCUT2D eigenvalue weighted by molar-refractivity contribution is -0.170. The number of likely N-dealkylation sites (tertiary alicyclic amines) is 1. The molecule has 72 valence electrons. The molecule has 0 saturated carbocycles. The third kappa shape index (κ3) is 1.90. The van der Waals surface area contributed by atoms with Crippen molar-refractivity contribution in [2.24, 2.45) is 5.92 Å². The van der Waals surface area contributed by atoms with Gasteiger partial charge in [0.05, 0.1) is 12.5 Å². The highest BCUT2D eigenvalue weighted by Crippen LogP contribution is 2.35.